The molecule has 9 heteroatoms. The van der Waals surface area contributed by atoms with Crippen molar-refractivity contribution >= 4 is 46.1 Å². The van der Waals surface area contributed by atoms with E-state index in [9.17, 15) is 19.1 Å². The number of hydrazine groups is 1. The third-order valence-electron chi connectivity index (χ3n) is 4.71. The minimum atomic E-state index is -1.01. The Morgan fingerprint density at radius 3 is 2.88 bits per heavy atom. The molecule has 0 aromatic heterocycles. The first-order valence-electron chi connectivity index (χ1n) is 7.75. The number of aliphatic carboxylic acids is 1. The summed E-state index contributed by atoms with van der Waals surface area (Å²) in [5.74, 6) is -1.22. The van der Waals surface area contributed by atoms with E-state index in [1.165, 1.54) is 5.01 Å². The number of carbonyl (C=O) groups is 2. The molecule has 0 radical (unpaired) electrons. The van der Waals surface area contributed by atoms with Crippen LogP contribution in [0.1, 0.15) is 28.8 Å². The summed E-state index contributed by atoms with van der Waals surface area (Å²) < 4.78 is 14.6. The molecular formula is C16H14ClFIN3O3. The molecule has 4 rings (SSSR count). The van der Waals surface area contributed by atoms with E-state index in [0.717, 1.165) is 9.13 Å². The zero-order valence-electron chi connectivity index (χ0n) is 13.0. The molecule has 0 spiro atoms. The first kappa shape index (κ1) is 16.9. The predicted molar refractivity (Wildman–Crippen MR) is 96.2 cm³/mol. The van der Waals surface area contributed by atoms with E-state index >= 15 is 0 Å². The lowest BCUT2D eigenvalue weighted by atomic mass is 10.1. The number of carbonyl (C=O) groups excluding carboxylic acids is 1. The Kier molecular flexibility index (Phi) is 4.06. The highest BCUT2D eigenvalue weighted by atomic mass is 127. The molecule has 3 aliphatic rings. The molecular weight excluding hydrogens is 464 g/mol. The zero-order chi connectivity index (χ0) is 17.9. The molecule has 1 aromatic rings. The first-order chi connectivity index (χ1) is 11.8. The maximum Gasteiger partial charge on any atom is 0.309 e. The summed E-state index contributed by atoms with van der Waals surface area (Å²) in [6.45, 7) is 0.794. The number of benzene rings is 1. The van der Waals surface area contributed by atoms with Crippen LogP contribution in [0.5, 0.6) is 0 Å². The quantitative estimate of drug-likeness (QED) is 0.679. The second-order valence-electron chi connectivity index (χ2n) is 6.31. The van der Waals surface area contributed by atoms with Crippen LogP contribution in [0.2, 0.25) is 5.02 Å². The molecule has 25 heavy (non-hydrogen) atoms. The van der Waals surface area contributed by atoms with Gasteiger partial charge in [-0.05, 0) is 34.7 Å². The van der Waals surface area contributed by atoms with Crippen LogP contribution in [-0.4, -0.2) is 51.3 Å². The van der Waals surface area contributed by atoms with Crippen LogP contribution in [0, 0.1) is 3.57 Å². The minimum absolute atomic E-state index is 0.187. The van der Waals surface area contributed by atoms with Crippen molar-refractivity contribution in [2.45, 2.75) is 25.6 Å². The van der Waals surface area contributed by atoms with E-state index in [-0.39, 0.29) is 38.5 Å². The number of allylic oxidation sites excluding steroid dienone is 1. The fourth-order valence-electron chi connectivity index (χ4n) is 3.66. The average molecular weight is 478 g/mol. The van der Waals surface area contributed by atoms with Crippen LogP contribution >= 0.6 is 34.2 Å². The molecule has 1 aromatic carbocycles. The van der Waals surface area contributed by atoms with E-state index in [0.29, 0.717) is 22.0 Å². The Hall–Kier alpha value is -1.55. The fourth-order valence-corrected chi connectivity index (χ4v) is 4.75. The Bertz CT molecular complexity index is 831. The first-order valence-corrected chi connectivity index (χ1v) is 9.21. The predicted octanol–water partition coefficient (Wildman–Crippen LogP) is 2.82. The van der Waals surface area contributed by atoms with Gasteiger partial charge in [-0.1, -0.05) is 11.6 Å². The highest BCUT2D eigenvalue weighted by Gasteiger charge is 2.43. The fraction of sp³-hybridized carbons (Fsp3) is 0.375. The van der Waals surface area contributed by atoms with Gasteiger partial charge in [0.05, 0.1) is 25.2 Å². The van der Waals surface area contributed by atoms with Crippen LogP contribution < -0.4 is 0 Å². The van der Waals surface area contributed by atoms with E-state index < -0.39 is 12.1 Å². The number of amides is 1. The smallest absolute Gasteiger partial charge is 0.309 e. The van der Waals surface area contributed by atoms with Crippen molar-refractivity contribution in [1.29, 1.82) is 0 Å². The number of nitrogens with zero attached hydrogens (tertiary/aromatic N) is 3. The van der Waals surface area contributed by atoms with Gasteiger partial charge in [0, 0.05) is 31.8 Å². The zero-order valence-corrected chi connectivity index (χ0v) is 15.9. The van der Waals surface area contributed by atoms with Gasteiger partial charge in [-0.3, -0.25) is 14.6 Å². The molecule has 0 aliphatic carbocycles. The number of halogens is 3. The molecule has 3 heterocycles. The molecule has 1 atom stereocenters. The lowest BCUT2D eigenvalue weighted by molar-refractivity contribution is -0.137. The molecule has 1 N–H and O–H groups in total. The van der Waals surface area contributed by atoms with Crippen LogP contribution in [-0.2, 0) is 11.3 Å². The van der Waals surface area contributed by atoms with Gasteiger partial charge in [0.25, 0.3) is 5.91 Å². The SMILES string of the molecule is O=C(O)CC1=C2C[C@@H](F)CN2CN1N1Cc2c(Cl)cc(I)cc2C1=O. The molecule has 0 bridgehead atoms. The van der Waals surface area contributed by atoms with Crippen LogP contribution in [0.4, 0.5) is 4.39 Å². The summed E-state index contributed by atoms with van der Waals surface area (Å²) in [5.41, 5.74) is 2.44. The number of carboxylic acids is 1. The summed E-state index contributed by atoms with van der Waals surface area (Å²) in [7, 11) is 0. The van der Waals surface area contributed by atoms with Crippen molar-refractivity contribution in [3.8, 4) is 0 Å². The summed E-state index contributed by atoms with van der Waals surface area (Å²) in [6.07, 6.45) is -1.06. The molecule has 1 fully saturated rings. The molecule has 1 saturated heterocycles. The van der Waals surface area contributed by atoms with Gasteiger partial charge in [-0.2, -0.15) is 0 Å². The molecule has 0 saturated carbocycles. The molecule has 132 valence electrons. The number of hydrogen-bond acceptors (Lipinski definition) is 4. The Morgan fingerprint density at radius 1 is 1.40 bits per heavy atom. The monoisotopic (exact) mass is 477 g/mol. The van der Waals surface area contributed by atoms with Crippen molar-refractivity contribution in [2.24, 2.45) is 0 Å². The summed E-state index contributed by atoms with van der Waals surface area (Å²) in [5, 5.41) is 12.9. The number of alkyl halides is 1. The lowest BCUT2D eigenvalue weighted by Crippen LogP contribution is -2.43. The topological polar surface area (TPSA) is 64.1 Å². The largest absolute Gasteiger partial charge is 0.481 e. The van der Waals surface area contributed by atoms with Crippen LogP contribution in [0.3, 0.4) is 0 Å². The van der Waals surface area contributed by atoms with Crippen molar-refractivity contribution in [2.75, 3.05) is 13.2 Å². The number of carboxylic acid groups (broad SMARTS) is 1. The standard InChI is InChI=1S/C16H14ClFIN3O3/c17-12-3-9(19)2-10-11(12)6-21(16(10)25)22-7-20-5-8(18)1-13(20)14(22)4-15(23)24/h2-3,8H,1,4-7H2,(H,23,24)/t8-/m1/s1. The third kappa shape index (κ3) is 2.75. The summed E-state index contributed by atoms with van der Waals surface area (Å²) >= 11 is 8.38. The Morgan fingerprint density at radius 2 is 2.16 bits per heavy atom. The third-order valence-corrected chi connectivity index (χ3v) is 5.67. The Labute approximate surface area is 161 Å². The minimum Gasteiger partial charge on any atom is -0.481 e. The van der Waals surface area contributed by atoms with Gasteiger partial charge in [0.15, 0.2) is 0 Å². The number of hydrogen-bond donors (Lipinski definition) is 1. The van der Waals surface area contributed by atoms with E-state index in [1.807, 2.05) is 4.90 Å². The molecule has 0 unspecified atom stereocenters. The molecule has 3 aliphatic heterocycles. The second kappa shape index (κ2) is 6.01. The van der Waals surface area contributed by atoms with Crippen LogP contribution in [0.15, 0.2) is 23.5 Å². The summed E-state index contributed by atoms with van der Waals surface area (Å²) in [6, 6.07) is 3.58. The second-order valence-corrected chi connectivity index (χ2v) is 7.96. The van der Waals surface area contributed by atoms with E-state index in [4.69, 9.17) is 11.6 Å². The van der Waals surface area contributed by atoms with Crippen molar-refractivity contribution in [3.63, 3.8) is 0 Å². The maximum atomic E-state index is 13.7. The van der Waals surface area contributed by atoms with Gasteiger partial charge in [0.1, 0.15) is 12.8 Å². The lowest BCUT2D eigenvalue weighted by Gasteiger charge is -2.32. The number of rotatable bonds is 3. The van der Waals surface area contributed by atoms with E-state index in [2.05, 4.69) is 22.6 Å². The van der Waals surface area contributed by atoms with Gasteiger partial charge in [-0.25, -0.2) is 9.40 Å². The van der Waals surface area contributed by atoms with Gasteiger partial charge in [0.2, 0.25) is 0 Å². The van der Waals surface area contributed by atoms with Crippen LogP contribution in [0.25, 0.3) is 0 Å². The Balaban J connectivity index is 1.70. The van der Waals surface area contributed by atoms with E-state index in [1.54, 1.807) is 17.1 Å². The average Bonchev–Trinajstić information content (AvgIpc) is 3.12. The maximum absolute atomic E-state index is 13.7. The number of fused-ring (bicyclic) bond motifs is 2. The molecule has 6 nitrogen and oxygen atoms in total. The van der Waals surface area contributed by atoms with Crippen molar-refractivity contribution in [3.05, 3.63) is 43.2 Å². The van der Waals surface area contributed by atoms with Crippen molar-refractivity contribution in [1.82, 2.24) is 14.9 Å². The molecule has 1 amide bonds. The highest BCUT2D eigenvalue weighted by molar-refractivity contribution is 14.1. The van der Waals surface area contributed by atoms with Gasteiger partial charge in [-0.15, -0.1) is 0 Å². The van der Waals surface area contributed by atoms with Gasteiger partial charge < -0.3 is 10.0 Å². The highest BCUT2D eigenvalue weighted by Crippen LogP contribution is 2.40. The normalized spacial score (nSPS) is 22.1. The summed E-state index contributed by atoms with van der Waals surface area (Å²) in [4.78, 5) is 26.0. The van der Waals surface area contributed by atoms with Gasteiger partial charge >= 0.3 is 5.97 Å². The van der Waals surface area contributed by atoms with Crippen molar-refractivity contribution < 1.29 is 19.1 Å².